The molecule has 3 aromatic carbocycles. The second-order valence-corrected chi connectivity index (χ2v) is 15.6. The fraction of sp³-hybridized carbons (Fsp3) is 0.459. The minimum Gasteiger partial charge on any atom is -0.494 e. The number of hydrogen-bond acceptors (Lipinski definition) is 8. The van der Waals surface area contributed by atoms with E-state index in [0.29, 0.717) is 45.1 Å². The molecule has 0 aliphatic carbocycles. The van der Waals surface area contributed by atoms with Crippen molar-refractivity contribution in [3.05, 3.63) is 82.9 Å². The Bertz CT molecular complexity index is 1650. The van der Waals surface area contributed by atoms with Gasteiger partial charge in [-0.1, -0.05) is 30.3 Å². The van der Waals surface area contributed by atoms with Gasteiger partial charge in [0.15, 0.2) is 0 Å². The van der Waals surface area contributed by atoms with Crippen molar-refractivity contribution in [2.24, 2.45) is 0 Å². The van der Waals surface area contributed by atoms with E-state index < -0.39 is 26.9 Å². The monoisotopic (exact) mass is 665 g/mol. The van der Waals surface area contributed by atoms with Gasteiger partial charge in [-0.05, 0) is 112 Å². The van der Waals surface area contributed by atoms with Gasteiger partial charge in [0.25, 0.3) is 0 Å². The van der Waals surface area contributed by atoms with Crippen LogP contribution in [0.1, 0.15) is 62.8 Å². The number of aryl methyl sites for hydroxylation is 2. The Morgan fingerprint density at radius 3 is 2.17 bits per heavy atom. The van der Waals surface area contributed by atoms with Gasteiger partial charge in [-0.25, -0.2) is 13.2 Å². The van der Waals surface area contributed by atoms with E-state index in [4.69, 9.17) is 18.9 Å². The number of carbonyl (C=O) groups excluding carboxylic acids is 2. The van der Waals surface area contributed by atoms with E-state index >= 15 is 0 Å². The molecule has 0 unspecified atom stereocenters. The van der Waals surface area contributed by atoms with E-state index in [1.165, 1.54) is 6.26 Å². The van der Waals surface area contributed by atoms with Gasteiger partial charge in [-0.2, -0.15) is 0 Å². The summed E-state index contributed by atoms with van der Waals surface area (Å²) < 4.78 is 45.5. The lowest BCUT2D eigenvalue weighted by Gasteiger charge is -2.49. The van der Waals surface area contributed by atoms with Crippen LogP contribution in [-0.4, -0.2) is 69.3 Å². The molecular weight excluding hydrogens is 618 g/mol. The summed E-state index contributed by atoms with van der Waals surface area (Å²) in [6.07, 6.45) is 1.46. The van der Waals surface area contributed by atoms with Gasteiger partial charge in [-0.15, -0.1) is 0 Å². The number of rotatable bonds is 13. The second kappa shape index (κ2) is 14.8. The summed E-state index contributed by atoms with van der Waals surface area (Å²) in [6, 6.07) is 19.9. The van der Waals surface area contributed by atoms with Crippen molar-refractivity contribution < 1.29 is 37.0 Å². The van der Waals surface area contributed by atoms with Gasteiger partial charge in [0.1, 0.15) is 33.5 Å². The molecule has 0 spiro atoms. The normalized spacial score (nSPS) is 14.2. The van der Waals surface area contributed by atoms with Crippen molar-refractivity contribution in [3.8, 4) is 22.6 Å². The maximum atomic E-state index is 12.6. The average Bonchev–Trinajstić information content (AvgIpc) is 2.95. The van der Waals surface area contributed by atoms with E-state index in [1.54, 1.807) is 11.8 Å². The molecule has 1 saturated heterocycles. The Hall–Kier alpha value is -4.05. The summed E-state index contributed by atoms with van der Waals surface area (Å²) in [6.45, 7) is 13.1. The molecule has 1 amide bonds. The summed E-state index contributed by atoms with van der Waals surface area (Å²) in [4.78, 5) is 26.8. The Labute approximate surface area is 279 Å². The van der Waals surface area contributed by atoms with Gasteiger partial charge >= 0.3 is 12.1 Å². The highest BCUT2D eigenvalue weighted by atomic mass is 32.2. The van der Waals surface area contributed by atoms with E-state index in [0.717, 1.165) is 39.1 Å². The van der Waals surface area contributed by atoms with Crippen LogP contribution in [0.5, 0.6) is 11.5 Å². The largest absolute Gasteiger partial charge is 0.494 e. The zero-order valence-corrected chi connectivity index (χ0v) is 29.4. The Morgan fingerprint density at radius 1 is 0.915 bits per heavy atom. The molecule has 0 bridgehead atoms. The number of nitrogens with zero attached hydrogens (tertiary/aromatic N) is 1. The molecule has 0 aromatic heterocycles. The minimum absolute atomic E-state index is 0.104. The Kier molecular flexibility index (Phi) is 11.3. The predicted molar refractivity (Wildman–Crippen MR) is 183 cm³/mol. The zero-order valence-electron chi connectivity index (χ0n) is 28.6. The molecule has 10 heteroatoms. The summed E-state index contributed by atoms with van der Waals surface area (Å²) in [7, 11) is -3.01. The van der Waals surface area contributed by atoms with Crippen molar-refractivity contribution in [3.63, 3.8) is 0 Å². The summed E-state index contributed by atoms with van der Waals surface area (Å²) in [5.41, 5.74) is 5.11. The number of benzene rings is 3. The van der Waals surface area contributed by atoms with E-state index in [-0.39, 0.29) is 18.1 Å². The molecule has 4 rings (SSSR count). The number of esters is 1. The smallest absolute Gasteiger partial charge is 0.410 e. The lowest BCUT2D eigenvalue weighted by Crippen LogP contribution is -2.62. The maximum Gasteiger partial charge on any atom is 0.410 e. The van der Waals surface area contributed by atoms with Crippen LogP contribution in [0.2, 0.25) is 0 Å². The molecule has 0 N–H and O–H groups in total. The average molecular weight is 666 g/mol. The van der Waals surface area contributed by atoms with Gasteiger partial charge in [0, 0.05) is 24.8 Å². The van der Waals surface area contributed by atoms with Crippen LogP contribution in [0, 0.1) is 13.8 Å². The van der Waals surface area contributed by atoms with Crippen molar-refractivity contribution in [1.29, 1.82) is 0 Å². The van der Waals surface area contributed by atoms with E-state index in [1.807, 2.05) is 83.1 Å². The highest BCUT2D eigenvalue weighted by Gasteiger charge is 2.49. The molecule has 47 heavy (non-hydrogen) atoms. The Morgan fingerprint density at radius 2 is 1.57 bits per heavy atom. The van der Waals surface area contributed by atoms with Crippen LogP contribution in [-0.2, 0) is 36.1 Å². The van der Waals surface area contributed by atoms with Crippen molar-refractivity contribution in [2.75, 3.05) is 38.3 Å². The molecule has 9 nitrogen and oxygen atoms in total. The third-order valence-corrected chi connectivity index (χ3v) is 8.98. The zero-order chi connectivity index (χ0) is 34.4. The summed E-state index contributed by atoms with van der Waals surface area (Å²) >= 11 is 0. The summed E-state index contributed by atoms with van der Waals surface area (Å²) in [5, 5.41) is 0. The topological polar surface area (TPSA) is 108 Å². The Balaban J connectivity index is 1.41. The van der Waals surface area contributed by atoms with Crippen LogP contribution >= 0.6 is 0 Å². The minimum atomic E-state index is -3.01. The lowest BCUT2D eigenvalue weighted by atomic mass is 9.71. The van der Waals surface area contributed by atoms with Crippen LogP contribution in [0.4, 0.5) is 4.79 Å². The number of sulfone groups is 1. The molecule has 0 atom stereocenters. The highest BCUT2D eigenvalue weighted by Crippen LogP contribution is 2.40. The molecular formula is C37H47NO8S. The lowest BCUT2D eigenvalue weighted by molar-refractivity contribution is -0.146. The number of likely N-dealkylation sites (tertiary alicyclic amines) is 1. The number of hydrogen-bond donors (Lipinski definition) is 0. The van der Waals surface area contributed by atoms with E-state index in [2.05, 4.69) is 12.1 Å². The first-order valence-electron chi connectivity index (χ1n) is 16.0. The van der Waals surface area contributed by atoms with Crippen molar-refractivity contribution >= 4 is 21.9 Å². The third-order valence-electron chi connectivity index (χ3n) is 7.95. The second-order valence-electron chi connectivity index (χ2n) is 13.4. The molecule has 1 aliphatic rings. The quantitative estimate of drug-likeness (QED) is 0.145. The predicted octanol–water partition coefficient (Wildman–Crippen LogP) is 6.80. The SMILES string of the molecule is CCOC(=O)CC1(c2ccc(OCc3cccc(-c4c(C)cc(OCCCS(C)(=O)=O)cc4C)c3)cc2)CN(C(=O)OC(C)(C)C)C1. The van der Waals surface area contributed by atoms with Gasteiger partial charge < -0.3 is 23.8 Å². The maximum absolute atomic E-state index is 12.6. The van der Waals surface area contributed by atoms with Crippen LogP contribution in [0.3, 0.4) is 0 Å². The molecule has 1 heterocycles. The van der Waals surface area contributed by atoms with E-state index in [9.17, 15) is 18.0 Å². The fourth-order valence-corrected chi connectivity index (χ4v) is 6.53. The van der Waals surface area contributed by atoms with Crippen molar-refractivity contribution in [2.45, 2.75) is 72.0 Å². The molecule has 254 valence electrons. The van der Waals surface area contributed by atoms with Crippen molar-refractivity contribution in [1.82, 2.24) is 4.90 Å². The standard InChI is InChI=1S/C37H47NO8S/c1-8-43-33(39)22-37(24-38(25-37)35(40)46-36(4,5)6)30-13-15-31(16-14-30)45-23-28-11-9-12-29(21-28)34-26(2)19-32(20-27(34)3)44-17-10-18-47(7,41)42/h9,11-16,19-21H,8,10,17-18,22-25H2,1-7H3. The number of carbonyl (C=O) groups is 2. The number of ether oxygens (including phenoxy) is 4. The molecule has 0 saturated carbocycles. The van der Waals surface area contributed by atoms with Gasteiger partial charge in [-0.3, -0.25) is 4.79 Å². The van der Waals surface area contributed by atoms with Gasteiger partial charge in [0.05, 0.1) is 25.4 Å². The first kappa shape index (κ1) is 35.8. The van der Waals surface area contributed by atoms with Crippen LogP contribution in [0.25, 0.3) is 11.1 Å². The van der Waals surface area contributed by atoms with Crippen LogP contribution < -0.4 is 9.47 Å². The number of amides is 1. The molecule has 3 aromatic rings. The first-order chi connectivity index (χ1) is 22.1. The molecule has 1 aliphatic heterocycles. The fourth-order valence-electron chi connectivity index (χ4n) is 5.89. The summed E-state index contributed by atoms with van der Waals surface area (Å²) in [5.74, 6) is 1.23. The van der Waals surface area contributed by atoms with Gasteiger partial charge in [0.2, 0.25) is 0 Å². The first-order valence-corrected chi connectivity index (χ1v) is 18.0. The highest BCUT2D eigenvalue weighted by molar-refractivity contribution is 7.90. The van der Waals surface area contributed by atoms with Crippen LogP contribution in [0.15, 0.2) is 60.7 Å². The molecule has 0 radical (unpaired) electrons. The molecule has 1 fully saturated rings. The third kappa shape index (κ3) is 9.97.